The second-order valence-corrected chi connectivity index (χ2v) is 4.42. The summed E-state index contributed by atoms with van der Waals surface area (Å²) in [6.45, 7) is 4.41. The highest BCUT2D eigenvalue weighted by molar-refractivity contribution is 6.72. The number of rotatable bonds is 3. The fraction of sp³-hybridized carbons (Fsp3) is 0.667. The minimum atomic E-state index is -0.879. The van der Waals surface area contributed by atoms with Gasteiger partial charge in [0.05, 0.1) is 5.92 Å². The summed E-state index contributed by atoms with van der Waals surface area (Å²) in [5.41, 5.74) is 0.440. The predicted octanol–water partition coefficient (Wildman–Crippen LogP) is 2.40. The SMILES string of the molecule is CC.O=C(O)C1=CCC(C(=O)O)CC1B1CC1. The molecule has 1 fully saturated rings. The highest BCUT2D eigenvalue weighted by Gasteiger charge is 2.43. The maximum absolute atomic E-state index is 11.0. The molecule has 0 saturated carbocycles. The van der Waals surface area contributed by atoms with E-state index in [1.54, 1.807) is 6.08 Å². The maximum Gasteiger partial charge on any atom is 0.330 e. The summed E-state index contributed by atoms with van der Waals surface area (Å²) >= 11 is 0. The molecule has 1 aliphatic heterocycles. The first-order valence-electron chi connectivity index (χ1n) is 6.25. The number of aliphatic carboxylic acids is 2. The highest BCUT2D eigenvalue weighted by Crippen LogP contribution is 2.45. The number of carbonyl (C=O) groups is 2. The summed E-state index contributed by atoms with van der Waals surface area (Å²) in [7, 11) is 0. The van der Waals surface area contributed by atoms with Crippen LogP contribution in [-0.2, 0) is 9.59 Å². The van der Waals surface area contributed by atoms with Crippen molar-refractivity contribution in [3.63, 3.8) is 0 Å². The van der Waals surface area contributed by atoms with Gasteiger partial charge in [0, 0.05) is 5.57 Å². The molecule has 4 nitrogen and oxygen atoms in total. The minimum Gasteiger partial charge on any atom is -0.481 e. The molecule has 0 aromatic carbocycles. The Morgan fingerprint density at radius 2 is 1.88 bits per heavy atom. The minimum absolute atomic E-state index is 0.0302. The quantitative estimate of drug-likeness (QED) is 0.740. The van der Waals surface area contributed by atoms with Crippen LogP contribution in [0.25, 0.3) is 0 Å². The summed E-state index contributed by atoms with van der Waals surface area (Å²) in [5.74, 6) is -2.10. The number of carboxylic acid groups (broad SMARTS) is 2. The van der Waals surface area contributed by atoms with Crippen LogP contribution in [0.5, 0.6) is 0 Å². The average molecular weight is 238 g/mol. The largest absolute Gasteiger partial charge is 0.481 e. The first-order chi connectivity index (χ1) is 8.09. The molecule has 0 aromatic heterocycles. The zero-order chi connectivity index (χ0) is 13.0. The molecule has 17 heavy (non-hydrogen) atoms. The molecule has 0 spiro atoms. The predicted molar refractivity (Wildman–Crippen MR) is 66.5 cm³/mol. The molecule has 94 valence electrons. The van der Waals surface area contributed by atoms with E-state index in [4.69, 9.17) is 10.2 Å². The van der Waals surface area contributed by atoms with Crippen LogP contribution >= 0.6 is 0 Å². The van der Waals surface area contributed by atoms with Crippen molar-refractivity contribution in [2.45, 2.75) is 45.1 Å². The third-order valence-electron chi connectivity index (χ3n) is 3.35. The van der Waals surface area contributed by atoms with Crippen LogP contribution in [0.3, 0.4) is 0 Å². The topological polar surface area (TPSA) is 74.6 Å². The summed E-state index contributed by atoms with van der Waals surface area (Å²) < 4.78 is 0. The zero-order valence-corrected chi connectivity index (χ0v) is 10.3. The zero-order valence-electron chi connectivity index (χ0n) is 10.3. The molecular weight excluding hydrogens is 219 g/mol. The Morgan fingerprint density at radius 1 is 1.29 bits per heavy atom. The molecular formula is C12H19BO4. The van der Waals surface area contributed by atoms with Gasteiger partial charge in [0.1, 0.15) is 6.71 Å². The smallest absolute Gasteiger partial charge is 0.330 e. The van der Waals surface area contributed by atoms with Gasteiger partial charge in [0.15, 0.2) is 0 Å². The van der Waals surface area contributed by atoms with Crippen LogP contribution in [0.2, 0.25) is 18.5 Å². The molecule has 1 aliphatic carbocycles. The number of hydrogen-bond acceptors (Lipinski definition) is 2. The number of allylic oxidation sites excluding steroid dienone is 1. The molecule has 2 unspecified atom stereocenters. The van der Waals surface area contributed by atoms with E-state index in [0.29, 0.717) is 25.1 Å². The van der Waals surface area contributed by atoms with Gasteiger partial charge in [-0.3, -0.25) is 4.79 Å². The van der Waals surface area contributed by atoms with Crippen LogP contribution in [0.1, 0.15) is 26.7 Å². The summed E-state index contributed by atoms with van der Waals surface area (Å²) in [6.07, 6.45) is 4.55. The van der Waals surface area contributed by atoms with Gasteiger partial charge in [-0.2, -0.15) is 0 Å². The van der Waals surface area contributed by atoms with E-state index in [0.717, 1.165) is 12.6 Å². The van der Waals surface area contributed by atoms with Gasteiger partial charge >= 0.3 is 11.9 Å². The van der Waals surface area contributed by atoms with E-state index < -0.39 is 17.9 Å². The molecule has 5 heteroatoms. The normalized spacial score (nSPS) is 26.5. The van der Waals surface area contributed by atoms with E-state index in [9.17, 15) is 9.59 Å². The van der Waals surface area contributed by atoms with Crippen LogP contribution in [0.4, 0.5) is 0 Å². The Labute approximate surface area is 102 Å². The van der Waals surface area contributed by atoms with Gasteiger partial charge in [-0.1, -0.05) is 32.6 Å². The first kappa shape index (κ1) is 13.8. The number of carboxylic acids is 2. The van der Waals surface area contributed by atoms with Gasteiger partial charge < -0.3 is 10.2 Å². The van der Waals surface area contributed by atoms with Gasteiger partial charge in [-0.15, -0.1) is 0 Å². The summed E-state index contributed by atoms with van der Waals surface area (Å²) in [6, 6.07) is 0. The second kappa shape index (κ2) is 5.89. The molecule has 2 atom stereocenters. The second-order valence-electron chi connectivity index (χ2n) is 4.42. The molecule has 2 N–H and O–H groups in total. The first-order valence-corrected chi connectivity index (χ1v) is 6.25. The maximum atomic E-state index is 11.0. The fourth-order valence-corrected chi connectivity index (χ4v) is 2.34. The summed E-state index contributed by atoms with van der Waals surface area (Å²) in [4.78, 5) is 21.8. The van der Waals surface area contributed by atoms with Crippen molar-refractivity contribution in [3.05, 3.63) is 11.6 Å². The molecule has 2 rings (SSSR count). The van der Waals surface area contributed by atoms with Gasteiger partial charge in [0.2, 0.25) is 0 Å². The molecule has 0 aromatic rings. The average Bonchev–Trinajstić information content (AvgIpc) is 3.14. The van der Waals surface area contributed by atoms with Crippen LogP contribution < -0.4 is 0 Å². The Morgan fingerprint density at radius 3 is 2.29 bits per heavy atom. The number of hydrogen-bond donors (Lipinski definition) is 2. The van der Waals surface area contributed by atoms with Crippen LogP contribution in [-0.4, -0.2) is 28.9 Å². The van der Waals surface area contributed by atoms with E-state index in [1.807, 2.05) is 13.8 Å². The third kappa shape index (κ3) is 3.35. The van der Waals surface area contributed by atoms with Crippen molar-refractivity contribution in [2.24, 2.45) is 5.92 Å². The molecule has 2 aliphatic rings. The molecule has 0 radical (unpaired) electrons. The molecule has 1 saturated heterocycles. The van der Waals surface area contributed by atoms with Crippen molar-refractivity contribution in [1.82, 2.24) is 0 Å². The van der Waals surface area contributed by atoms with Crippen molar-refractivity contribution in [1.29, 1.82) is 0 Å². The van der Waals surface area contributed by atoms with Gasteiger partial charge in [-0.05, 0) is 18.7 Å². The lowest BCUT2D eigenvalue weighted by Crippen LogP contribution is -2.26. The van der Waals surface area contributed by atoms with E-state index in [-0.39, 0.29) is 5.82 Å². The lowest BCUT2D eigenvalue weighted by atomic mass is 9.51. The van der Waals surface area contributed by atoms with Crippen molar-refractivity contribution in [3.8, 4) is 0 Å². The van der Waals surface area contributed by atoms with Gasteiger partial charge in [0.25, 0.3) is 0 Å². The van der Waals surface area contributed by atoms with Crippen LogP contribution in [0, 0.1) is 5.92 Å². The Balaban J connectivity index is 0.000000686. The lowest BCUT2D eigenvalue weighted by molar-refractivity contribution is -0.142. The van der Waals surface area contributed by atoms with Crippen molar-refractivity contribution in [2.75, 3.05) is 0 Å². The molecule has 0 amide bonds. The van der Waals surface area contributed by atoms with E-state index in [1.165, 1.54) is 0 Å². The Hall–Kier alpha value is -1.26. The van der Waals surface area contributed by atoms with Crippen molar-refractivity contribution < 1.29 is 19.8 Å². The molecule has 0 bridgehead atoms. The highest BCUT2D eigenvalue weighted by atomic mass is 16.4. The summed E-state index contributed by atoms with van der Waals surface area (Å²) in [5, 5.41) is 17.9. The van der Waals surface area contributed by atoms with Crippen molar-refractivity contribution >= 4 is 18.7 Å². The van der Waals surface area contributed by atoms with Gasteiger partial charge in [-0.25, -0.2) is 4.79 Å². The fourth-order valence-electron chi connectivity index (χ4n) is 2.34. The standard InChI is InChI=1S/C10H13BO4.C2H6/c12-9(13)6-1-2-7(10(14)15)8(5-6)11-3-4-11;1-2/h2,6,8H,1,3-5H2,(H,12,13)(H,14,15);1-2H3. The lowest BCUT2D eigenvalue weighted by Gasteiger charge is -2.25. The third-order valence-corrected chi connectivity index (χ3v) is 3.35. The Bertz CT molecular complexity index is 333. The van der Waals surface area contributed by atoms with E-state index in [2.05, 4.69) is 0 Å². The monoisotopic (exact) mass is 238 g/mol. The molecule has 1 heterocycles. The Kier molecular flexibility index (Phi) is 4.79. The van der Waals surface area contributed by atoms with Crippen LogP contribution in [0.15, 0.2) is 11.6 Å². The van der Waals surface area contributed by atoms with E-state index >= 15 is 0 Å².